The number of hydrogen-bond donors (Lipinski definition) is 8. The summed E-state index contributed by atoms with van der Waals surface area (Å²) in [5, 5.41) is 39.3. The van der Waals surface area contributed by atoms with E-state index in [1.165, 1.54) is 32.0 Å². The van der Waals surface area contributed by atoms with E-state index in [2.05, 4.69) is 35.2 Å². The van der Waals surface area contributed by atoms with Gasteiger partial charge in [0.15, 0.2) is 17.2 Å². The number of rotatable bonds is 16. The van der Waals surface area contributed by atoms with E-state index in [4.69, 9.17) is 21.4 Å². The molecule has 0 saturated carbocycles. The van der Waals surface area contributed by atoms with Crippen molar-refractivity contribution in [2.75, 3.05) is 44.3 Å². The maximum atomic E-state index is 12.7. The minimum Gasteiger partial charge on any atom is -0.387 e. The molecule has 8 N–H and O–H groups in total. The Bertz CT molecular complexity index is 1420. The molecular formula is C23H38BN7O13P2S. The van der Waals surface area contributed by atoms with Crippen molar-refractivity contribution in [3.8, 4) is 0 Å². The van der Waals surface area contributed by atoms with E-state index >= 15 is 0 Å². The second kappa shape index (κ2) is 16.4. The SMILES string of the molecule is [B]P(=O)(OCC1OC(N2CNC(=NC)c3[nH]cnc32)C(O)C1O)OP(=O)(O)OCC(C)(C)C(O)C(=O)NCCC(=O)NCSC(C)=O. The number of carbonyl (C=O) groups is 3. The predicted octanol–water partition coefficient (Wildman–Crippen LogP) is -1.73. The molecule has 2 aliphatic heterocycles. The molecule has 47 heavy (non-hydrogen) atoms. The summed E-state index contributed by atoms with van der Waals surface area (Å²) < 4.78 is 45.3. The molecule has 7 unspecified atom stereocenters. The van der Waals surface area contributed by atoms with Crippen molar-refractivity contribution in [2.24, 2.45) is 10.4 Å². The average molecular weight is 725 g/mol. The second-order valence-electron chi connectivity index (χ2n) is 11.0. The monoisotopic (exact) mass is 725 g/mol. The Morgan fingerprint density at radius 3 is 2.64 bits per heavy atom. The van der Waals surface area contributed by atoms with Gasteiger partial charge in [0.05, 0.1) is 32.1 Å². The van der Waals surface area contributed by atoms with Crippen molar-refractivity contribution in [1.82, 2.24) is 25.9 Å². The molecule has 3 heterocycles. The maximum absolute atomic E-state index is 12.7. The quantitative estimate of drug-likeness (QED) is 0.0534. The van der Waals surface area contributed by atoms with Crippen LogP contribution in [0.15, 0.2) is 11.3 Å². The topological polar surface area (TPSA) is 284 Å². The van der Waals surface area contributed by atoms with Crippen molar-refractivity contribution in [3.05, 3.63) is 12.0 Å². The number of H-pyrrole nitrogens is 1. The lowest BCUT2D eigenvalue weighted by Crippen LogP contribution is -2.53. The molecule has 1 aromatic heterocycles. The first-order chi connectivity index (χ1) is 21.9. The van der Waals surface area contributed by atoms with Gasteiger partial charge in [-0.25, -0.2) is 13.9 Å². The van der Waals surface area contributed by atoms with E-state index in [1.807, 2.05) is 0 Å². The molecule has 0 aliphatic carbocycles. The van der Waals surface area contributed by atoms with Crippen LogP contribution in [-0.2, 0) is 41.6 Å². The van der Waals surface area contributed by atoms with Crippen LogP contribution in [-0.4, -0.2) is 131 Å². The number of aliphatic imine (C=N–C) groups is 1. The highest BCUT2D eigenvalue weighted by atomic mass is 32.2. The van der Waals surface area contributed by atoms with E-state index in [0.717, 1.165) is 11.8 Å². The molecule has 0 bridgehead atoms. The normalized spacial score (nSPS) is 25.3. The number of fused-ring (bicyclic) bond motifs is 1. The lowest BCUT2D eigenvalue weighted by molar-refractivity contribution is -0.137. The van der Waals surface area contributed by atoms with Crippen LogP contribution >= 0.6 is 27.1 Å². The molecule has 7 atom stereocenters. The van der Waals surface area contributed by atoms with Gasteiger partial charge in [-0.1, -0.05) is 25.6 Å². The van der Waals surface area contributed by atoms with E-state index in [9.17, 15) is 43.7 Å². The van der Waals surface area contributed by atoms with Crippen LogP contribution in [0.25, 0.3) is 0 Å². The first kappa shape index (κ1) is 39.1. The van der Waals surface area contributed by atoms with Gasteiger partial charge in [0.1, 0.15) is 35.9 Å². The molecular weight excluding hydrogens is 687 g/mol. The van der Waals surface area contributed by atoms with Crippen LogP contribution in [0.4, 0.5) is 5.82 Å². The van der Waals surface area contributed by atoms with E-state index in [1.54, 1.807) is 7.05 Å². The van der Waals surface area contributed by atoms with Gasteiger partial charge in [-0.15, -0.1) is 0 Å². The van der Waals surface area contributed by atoms with Crippen LogP contribution in [0.1, 0.15) is 32.9 Å². The maximum Gasteiger partial charge on any atom is 0.478 e. The van der Waals surface area contributed by atoms with Crippen LogP contribution < -0.4 is 20.9 Å². The van der Waals surface area contributed by atoms with Crippen molar-refractivity contribution in [1.29, 1.82) is 0 Å². The number of amidine groups is 1. The fraction of sp³-hybridized carbons (Fsp3) is 0.696. The molecule has 262 valence electrons. The average Bonchev–Trinajstić information content (AvgIpc) is 3.59. The Kier molecular flexibility index (Phi) is 13.6. The van der Waals surface area contributed by atoms with Gasteiger partial charge in [0.2, 0.25) is 19.4 Å². The van der Waals surface area contributed by atoms with E-state index < -0.39 is 76.4 Å². The number of aromatic amines is 1. The molecule has 0 spiro atoms. The van der Waals surface area contributed by atoms with Gasteiger partial charge in [0.25, 0.3) is 7.47 Å². The summed E-state index contributed by atoms with van der Waals surface area (Å²) >= 11 is 0.898. The Morgan fingerprint density at radius 1 is 1.28 bits per heavy atom. The van der Waals surface area contributed by atoms with Gasteiger partial charge in [-0.2, -0.15) is 0 Å². The zero-order valence-electron chi connectivity index (χ0n) is 25.9. The number of ether oxygens (including phenoxy) is 1. The molecule has 3 rings (SSSR count). The third kappa shape index (κ3) is 10.8. The Hall–Kier alpha value is -2.36. The minimum absolute atomic E-state index is 0.0687. The number of phosphoric acid groups is 1. The summed E-state index contributed by atoms with van der Waals surface area (Å²) in [5.74, 6) is -0.397. The molecule has 0 aromatic carbocycles. The molecule has 2 amide bonds. The Morgan fingerprint density at radius 2 is 1.98 bits per heavy atom. The number of phosphoric ester groups is 1. The lowest BCUT2D eigenvalue weighted by atomic mass is 9.87. The zero-order valence-corrected chi connectivity index (χ0v) is 28.5. The zero-order chi connectivity index (χ0) is 35.2. The van der Waals surface area contributed by atoms with Crippen LogP contribution in [0, 0.1) is 5.41 Å². The number of carbonyl (C=O) groups excluding carboxylic acids is 3. The van der Waals surface area contributed by atoms with Crippen molar-refractivity contribution in [3.63, 3.8) is 0 Å². The minimum atomic E-state index is -5.22. The van der Waals surface area contributed by atoms with Crippen molar-refractivity contribution in [2.45, 2.75) is 57.8 Å². The summed E-state index contributed by atoms with van der Waals surface area (Å²) in [5.41, 5.74) is -0.986. The number of thioether (sulfide) groups is 1. The summed E-state index contributed by atoms with van der Waals surface area (Å²) in [4.78, 5) is 57.9. The Balaban J connectivity index is 1.47. The Labute approximate surface area is 275 Å². The van der Waals surface area contributed by atoms with Crippen molar-refractivity contribution >= 4 is 63.2 Å². The fourth-order valence-electron chi connectivity index (χ4n) is 4.28. The molecule has 20 nitrogen and oxygen atoms in total. The first-order valence-electron chi connectivity index (χ1n) is 14.0. The highest BCUT2D eigenvalue weighted by Gasteiger charge is 2.48. The summed E-state index contributed by atoms with van der Waals surface area (Å²) in [6.07, 6.45) is -6.01. The van der Waals surface area contributed by atoms with Gasteiger partial charge in [-0.05, 0) is 0 Å². The standard InChI is InChI=1S/C23H38BN7O13P2S/c1-12(32)47-11-30-14(33)5-6-26-21(37)18(36)23(2,3)8-42-46(39,40)44-45(24,38)41-7-13-16(34)17(35)22(43-13)31-10-29-19(25-4)15-20(31)28-9-27-15/h9,13,16-18,22,34-36H,5-8,10-11H2,1-4H3,(H,25,29)(H,26,37)(H,27,28)(H,30,33)(H,39,40). The molecule has 2 aliphatic rings. The number of aliphatic hydroxyl groups excluding tert-OH is 3. The molecule has 24 heteroatoms. The number of anilines is 1. The number of nitrogens with one attached hydrogen (secondary N) is 4. The number of amides is 2. The number of nitrogens with zero attached hydrogens (tertiary/aromatic N) is 3. The third-order valence-electron chi connectivity index (χ3n) is 6.83. The van der Waals surface area contributed by atoms with Gasteiger partial charge in [0, 0.05) is 32.4 Å². The summed E-state index contributed by atoms with van der Waals surface area (Å²) in [6, 6.07) is 0. The smallest absolute Gasteiger partial charge is 0.387 e. The second-order valence-corrected chi connectivity index (χ2v) is 15.3. The van der Waals surface area contributed by atoms with E-state index in [-0.39, 0.29) is 30.6 Å². The third-order valence-corrected chi connectivity index (χ3v) is 10.2. The summed E-state index contributed by atoms with van der Waals surface area (Å²) in [7, 11) is -3.03. The highest BCUT2D eigenvalue weighted by molar-refractivity contribution is 8.13. The van der Waals surface area contributed by atoms with Crippen LogP contribution in [0.3, 0.4) is 0 Å². The number of imidazole rings is 1. The number of aliphatic hydroxyl groups is 3. The van der Waals surface area contributed by atoms with Crippen LogP contribution in [0.5, 0.6) is 0 Å². The van der Waals surface area contributed by atoms with Crippen molar-refractivity contribution < 1.29 is 61.8 Å². The molecule has 1 fully saturated rings. The number of hydrogen-bond acceptors (Lipinski definition) is 16. The predicted molar refractivity (Wildman–Crippen MR) is 167 cm³/mol. The molecule has 1 saturated heterocycles. The molecule has 2 radical (unpaired) electrons. The first-order valence-corrected chi connectivity index (χ1v) is 18.1. The van der Waals surface area contributed by atoms with E-state index in [0.29, 0.717) is 17.3 Å². The highest BCUT2D eigenvalue weighted by Crippen LogP contribution is 2.60. The number of aromatic nitrogens is 2. The fourth-order valence-corrected chi connectivity index (χ4v) is 7.10. The lowest BCUT2D eigenvalue weighted by Gasteiger charge is -2.34. The molecule has 1 aromatic rings. The van der Waals surface area contributed by atoms with Gasteiger partial charge < -0.3 is 55.3 Å². The van der Waals surface area contributed by atoms with Crippen LogP contribution in [0.2, 0.25) is 0 Å². The largest absolute Gasteiger partial charge is 0.478 e. The summed E-state index contributed by atoms with van der Waals surface area (Å²) in [6.45, 7) is 2.43. The van der Waals surface area contributed by atoms with Gasteiger partial charge in [-0.3, -0.25) is 28.5 Å². The van der Waals surface area contributed by atoms with Gasteiger partial charge >= 0.3 is 7.82 Å².